The Morgan fingerprint density at radius 3 is 2.78 bits per heavy atom. The summed E-state index contributed by atoms with van der Waals surface area (Å²) in [5, 5.41) is 4.19. The molecule has 0 saturated heterocycles. The topological polar surface area (TPSA) is 99.8 Å². The predicted octanol–water partition coefficient (Wildman–Crippen LogP) is 1.98. The largest absolute Gasteiger partial charge is 0.461 e. The fourth-order valence-electron chi connectivity index (χ4n) is 2.15. The van der Waals surface area contributed by atoms with Crippen molar-refractivity contribution in [2.75, 3.05) is 0 Å². The highest BCUT2D eigenvalue weighted by Crippen LogP contribution is 2.24. The molecule has 0 spiro atoms. The van der Waals surface area contributed by atoms with Crippen molar-refractivity contribution in [2.24, 2.45) is 11.1 Å². The molecule has 0 unspecified atom stereocenters. The maximum atomic E-state index is 11.6. The molecular formula is C16H17N5O2. The van der Waals surface area contributed by atoms with E-state index in [0.29, 0.717) is 29.5 Å². The molecule has 3 aromatic rings. The summed E-state index contributed by atoms with van der Waals surface area (Å²) in [6.45, 7) is 3.58. The van der Waals surface area contributed by atoms with Crippen LogP contribution in [0, 0.1) is 5.41 Å². The Morgan fingerprint density at radius 2 is 2.17 bits per heavy atom. The lowest BCUT2D eigenvalue weighted by atomic mass is 9.87. The lowest BCUT2D eigenvalue weighted by Crippen LogP contribution is -2.33. The number of hydrogen-bond donors (Lipinski definition) is 1. The second-order valence-corrected chi connectivity index (χ2v) is 5.89. The minimum absolute atomic E-state index is 0.378. The third kappa shape index (κ3) is 3.13. The molecule has 3 heterocycles. The van der Waals surface area contributed by atoms with Gasteiger partial charge in [-0.25, -0.2) is 14.6 Å². The fourth-order valence-corrected chi connectivity index (χ4v) is 2.15. The normalized spacial score (nSPS) is 11.6. The lowest BCUT2D eigenvalue weighted by molar-refractivity contribution is -0.125. The number of nitrogens with zero attached hydrogens (tertiary/aromatic N) is 4. The second-order valence-electron chi connectivity index (χ2n) is 5.89. The molecule has 0 radical (unpaired) electrons. The van der Waals surface area contributed by atoms with E-state index in [-0.39, 0.29) is 5.91 Å². The van der Waals surface area contributed by atoms with Crippen LogP contribution in [-0.4, -0.2) is 25.7 Å². The van der Waals surface area contributed by atoms with Crippen LogP contribution in [0.1, 0.15) is 19.5 Å². The third-order valence-electron chi connectivity index (χ3n) is 3.54. The van der Waals surface area contributed by atoms with Gasteiger partial charge in [0.05, 0.1) is 6.26 Å². The summed E-state index contributed by atoms with van der Waals surface area (Å²) >= 11 is 0. The molecule has 0 bridgehead atoms. The number of hydrogen-bond acceptors (Lipinski definition) is 5. The minimum Gasteiger partial charge on any atom is -0.461 e. The number of rotatable bonds is 5. The van der Waals surface area contributed by atoms with E-state index >= 15 is 0 Å². The third-order valence-corrected chi connectivity index (χ3v) is 3.54. The van der Waals surface area contributed by atoms with Gasteiger partial charge in [0.15, 0.2) is 17.4 Å². The van der Waals surface area contributed by atoms with Gasteiger partial charge in [-0.1, -0.05) is 13.8 Å². The van der Waals surface area contributed by atoms with E-state index < -0.39 is 5.41 Å². The lowest BCUT2D eigenvalue weighted by Gasteiger charge is -2.20. The van der Waals surface area contributed by atoms with Crippen molar-refractivity contribution in [1.82, 2.24) is 19.7 Å². The molecule has 1 amide bonds. The molecule has 2 N–H and O–H groups in total. The molecule has 0 fully saturated rings. The van der Waals surface area contributed by atoms with Crippen LogP contribution in [-0.2, 0) is 11.2 Å². The van der Waals surface area contributed by atoms with Gasteiger partial charge in [-0.15, -0.1) is 0 Å². The van der Waals surface area contributed by atoms with E-state index in [2.05, 4.69) is 15.1 Å². The number of furan rings is 1. The first-order valence-corrected chi connectivity index (χ1v) is 7.17. The molecular weight excluding hydrogens is 294 g/mol. The quantitative estimate of drug-likeness (QED) is 0.776. The van der Waals surface area contributed by atoms with Crippen LogP contribution in [0.25, 0.3) is 17.4 Å². The molecule has 0 aliphatic heterocycles. The van der Waals surface area contributed by atoms with E-state index in [1.54, 1.807) is 55.4 Å². The molecule has 3 aromatic heterocycles. The molecule has 3 rings (SSSR count). The van der Waals surface area contributed by atoms with Gasteiger partial charge < -0.3 is 10.2 Å². The summed E-state index contributed by atoms with van der Waals surface area (Å²) in [4.78, 5) is 20.6. The highest BCUT2D eigenvalue weighted by atomic mass is 16.3. The first-order chi connectivity index (χ1) is 11.0. The van der Waals surface area contributed by atoms with Crippen LogP contribution in [0.3, 0.4) is 0 Å². The maximum absolute atomic E-state index is 11.6. The Morgan fingerprint density at radius 1 is 1.35 bits per heavy atom. The fraction of sp³-hybridized carbons (Fsp3) is 0.250. The molecule has 7 nitrogen and oxygen atoms in total. The summed E-state index contributed by atoms with van der Waals surface area (Å²) < 4.78 is 7.01. The van der Waals surface area contributed by atoms with Gasteiger partial charge in [0.2, 0.25) is 5.91 Å². The summed E-state index contributed by atoms with van der Waals surface area (Å²) in [5.74, 6) is 1.22. The molecule has 0 atom stereocenters. The summed E-state index contributed by atoms with van der Waals surface area (Å²) in [6.07, 6.45) is 5.41. The Labute approximate surface area is 133 Å². The van der Waals surface area contributed by atoms with Gasteiger partial charge in [0.25, 0.3) is 0 Å². The Kier molecular flexibility index (Phi) is 3.69. The van der Waals surface area contributed by atoms with Crippen molar-refractivity contribution in [2.45, 2.75) is 20.3 Å². The van der Waals surface area contributed by atoms with Crippen molar-refractivity contribution in [3.8, 4) is 17.4 Å². The van der Waals surface area contributed by atoms with Crippen LogP contribution in [0.5, 0.6) is 0 Å². The monoisotopic (exact) mass is 311 g/mol. The summed E-state index contributed by atoms with van der Waals surface area (Å²) in [5.41, 5.74) is 5.45. The van der Waals surface area contributed by atoms with Gasteiger partial charge >= 0.3 is 0 Å². The first-order valence-electron chi connectivity index (χ1n) is 7.17. The Hall–Kier alpha value is -2.96. The molecule has 0 saturated carbocycles. The Bertz CT molecular complexity index is 755. The molecule has 7 heteroatoms. The zero-order valence-electron chi connectivity index (χ0n) is 12.9. The molecule has 23 heavy (non-hydrogen) atoms. The van der Waals surface area contributed by atoms with Crippen LogP contribution in [0.4, 0.5) is 0 Å². The molecule has 118 valence electrons. The zero-order valence-corrected chi connectivity index (χ0v) is 12.9. The number of aromatic nitrogens is 4. The predicted molar refractivity (Wildman–Crippen MR) is 83.5 cm³/mol. The van der Waals surface area contributed by atoms with E-state index in [1.807, 2.05) is 6.07 Å². The number of nitrogens with two attached hydrogens (primary N) is 1. The number of carbonyl (C=O) groups excluding carboxylic acids is 1. The van der Waals surface area contributed by atoms with Gasteiger partial charge in [-0.3, -0.25) is 4.79 Å². The summed E-state index contributed by atoms with van der Waals surface area (Å²) in [6, 6.07) is 7.16. The molecule has 0 aromatic carbocycles. The van der Waals surface area contributed by atoms with Crippen molar-refractivity contribution >= 4 is 5.91 Å². The highest BCUT2D eigenvalue weighted by Gasteiger charge is 2.27. The smallest absolute Gasteiger partial charge is 0.223 e. The summed E-state index contributed by atoms with van der Waals surface area (Å²) in [7, 11) is 0. The zero-order chi connectivity index (χ0) is 16.4. The number of amides is 1. The first kappa shape index (κ1) is 15.0. The Balaban J connectivity index is 2.07. The van der Waals surface area contributed by atoms with Crippen LogP contribution in [0.2, 0.25) is 0 Å². The van der Waals surface area contributed by atoms with Crippen molar-refractivity contribution in [3.05, 3.63) is 48.6 Å². The van der Waals surface area contributed by atoms with Gasteiger partial charge in [-0.2, -0.15) is 5.10 Å². The van der Waals surface area contributed by atoms with E-state index in [1.165, 1.54) is 0 Å². The average molecular weight is 311 g/mol. The number of carbonyl (C=O) groups is 1. The standard InChI is InChI=1S/C16H17N5O2/c1-16(2,15(17)22)10-11-9-13(21-7-4-6-18-21)20-14(19-11)12-5-3-8-23-12/h3-9H,10H2,1-2H3,(H2,17,22). The van der Waals surface area contributed by atoms with E-state index in [0.717, 1.165) is 0 Å². The number of primary amides is 1. The molecule has 0 aliphatic rings. The van der Waals surface area contributed by atoms with Crippen molar-refractivity contribution < 1.29 is 9.21 Å². The van der Waals surface area contributed by atoms with Crippen molar-refractivity contribution in [3.63, 3.8) is 0 Å². The minimum atomic E-state index is -0.712. The SMILES string of the molecule is CC(C)(Cc1cc(-n2cccn2)nc(-c2ccco2)n1)C(N)=O. The maximum Gasteiger partial charge on any atom is 0.223 e. The van der Waals surface area contributed by atoms with E-state index in [9.17, 15) is 4.79 Å². The van der Waals surface area contributed by atoms with Crippen LogP contribution < -0.4 is 5.73 Å². The molecule has 0 aliphatic carbocycles. The van der Waals surface area contributed by atoms with Gasteiger partial charge in [0, 0.05) is 36.0 Å². The van der Waals surface area contributed by atoms with Crippen LogP contribution >= 0.6 is 0 Å². The van der Waals surface area contributed by atoms with Crippen molar-refractivity contribution in [1.29, 1.82) is 0 Å². The van der Waals surface area contributed by atoms with Gasteiger partial charge in [-0.05, 0) is 18.2 Å². The highest BCUT2D eigenvalue weighted by molar-refractivity contribution is 5.80. The average Bonchev–Trinajstić information content (AvgIpc) is 3.20. The van der Waals surface area contributed by atoms with Crippen LogP contribution in [0.15, 0.2) is 47.3 Å². The second kappa shape index (κ2) is 5.68. The van der Waals surface area contributed by atoms with E-state index in [4.69, 9.17) is 10.2 Å². The van der Waals surface area contributed by atoms with Gasteiger partial charge in [0.1, 0.15) is 0 Å².